The molecule has 4 rings (SSSR count). The first kappa shape index (κ1) is 22.3. The lowest BCUT2D eigenvalue weighted by molar-refractivity contribution is 0.0945. The summed E-state index contributed by atoms with van der Waals surface area (Å²) in [4.78, 5) is 28.6. The highest BCUT2D eigenvalue weighted by Gasteiger charge is 2.34. The highest BCUT2D eigenvalue weighted by molar-refractivity contribution is 6.04. The highest BCUT2D eigenvalue weighted by Crippen LogP contribution is 2.43. The van der Waals surface area contributed by atoms with Gasteiger partial charge in [0.05, 0.1) is 6.20 Å². The lowest BCUT2D eigenvalue weighted by Gasteiger charge is -2.16. The number of aryl methyl sites for hydroxylation is 1. The molecule has 10 heteroatoms. The first-order valence-corrected chi connectivity index (χ1v) is 10.4. The molecule has 0 unspecified atom stereocenters. The van der Waals surface area contributed by atoms with Gasteiger partial charge in [0, 0.05) is 49.5 Å². The predicted molar refractivity (Wildman–Crippen MR) is 118 cm³/mol. The van der Waals surface area contributed by atoms with Gasteiger partial charge < -0.3 is 20.1 Å². The second kappa shape index (κ2) is 8.53. The van der Waals surface area contributed by atoms with Crippen LogP contribution in [0.25, 0.3) is 0 Å². The third-order valence-corrected chi connectivity index (χ3v) is 4.97. The molecule has 2 N–H and O–H groups in total. The number of hydrogen-bond donors (Lipinski definition) is 2. The first-order chi connectivity index (χ1) is 15.6. The molecule has 0 saturated heterocycles. The minimum Gasteiger partial charge on any atom is -0.487 e. The molecule has 0 atom stereocenters. The van der Waals surface area contributed by atoms with E-state index < -0.39 is 23.2 Å². The van der Waals surface area contributed by atoms with Gasteiger partial charge in [-0.2, -0.15) is 5.10 Å². The normalized spacial score (nSPS) is 13.7. The zero-order valence-corrected chi connectivity index (χ0v) is 18.7. The maximum atomic E-state index is 14.5. The topological polar surface area (TPSA) is 107 Å². The summed E-state index contributed by atoms with van der Waals surface area (Å²) in [6.45, 7) is 5.93. The van der Waals surface area contributed by atoms with Crippen molar-refractivity contribution >= 4 is 17.6 Å². The van der Waals surface area contributed by atoms with Crippen LogP contribution in [0.1, 0.15) is 47.2 Å². The van der Waals surface area contributed by atoms with Gasteiger partial charge in [-0.25, -0.2) is 9.37 Å². The lowest BCUT2D eigenvalue weighted by Crippen LogP contribution is -2.25. The Kier molecular flexibility index (Phi) is 5.75. The third kappa shape index (κ3) is 4.79. The van der Waals surface area contributed by atoms with E-state index in [0.717, 1.165) is 11.6 Å². The number of amides is 2. The fourth-order valence-electron chi connectivity index (χ4n) is 3.55. The molecule has 1 aromatic carbocycles. The summed E-state index contributed by atoms with van der Waals surface area (Å²) in [7, 11) is 1.75. The highest BCUT2D eigenvalue weighted by atomic mass is 19.1. The number of ether oxygens (including phenoxy) is 2. The number of aromatic nitrogens is 3. The summed E-state index contributed by atoms with van der Waals surface area (Å²) in [6.07, 6.45) is 3.51. The number of fused-ring (bicyclic) bond motifs is 1. The van der Waals surface area contributed by atoms with Crippen LogP contribution < -0.4 is 20.1 Å². The molecule has 2 amide bonds. The van der Waals surface area contributed by atoms with Crippen LogP contribution in [-0.4, -0.2) is 38.7 Å². The van der Waals surface area contributed by atoms with Crippen LogP contribution in [-0.2, 0) is 13.5 Å². The molecule has 33 heavy (non-hydrogen) atoms. The summed E-state index contributed by atoms with van der Waals surface area (Å²) in [6, 6.07) is 5.97. The van der Waals surface area contributed by atoms with Gasteiger partial charge in [0.15, 0.2) is 17.3 Å². The van der Waals surface area contributed by atoms with E-state index in [9.17, 15) is 14.0 Å². The number of carbonyl (C=O) groups is 2. The Balaban J connectivity index is 1.65. The molecule has 0 radical (unpaired) electrons. The van der Waals surface area contributed by atoms with Crippen molar-refractivity contribution < 1.29 is 23.5 Å². The molecule has 0 bridgehead atoms. The molecule has 0 fully saturated rings. The van der Waals surface area contributed by atoms with Crippen molar-refractivity contribution in [1.82, 2.24) is 20.1 Å². The molecule has 3 heterocycles. The van der Waals surface area contributed by atoms with E-state index in [2.05, 4.69) is 20.7 Å². The number of carbonyl (C=O) groups excluding carboxylic acids is 2. The largest absolute Gasteiger partial charge is 0.487 e. The van der Waals surface area contributed by atoms with Crippen LogP contribution in [0.4, 0.5) is 10.2 Å². The van der Waals surface area contributed by atoms with Gasteiger partial charge in [0.25, 0.3) is 11.8 Å². The van der Waals surface area contributed by atoms with E-state index in [1.165, 1.54) is 6.20 Å². The van der Waals surface area contributed by atoms with Gasteiger partial charge >= 0.3 is 0 Å². The fraction of sp³-hybridized carbons (Fsp3) is 0.304. The van der Waals surface area contributed by atoms with Crippen molar-refractivity contribution in [3.05, 3.63) is 59.3 Å². The summed E-state index contributed by atoms with van der Waals surface area (Å²) in [5.74, 6) is -0.465. The SMILES string of the molecule is CCNC(=O)c1ncc(Oc2cc(C(=O)Nc3ccn(C)n3)cc3c2CC(C)(C)O3)cc1F. The molecular weight excluding hydrogens is 429 g/mol. The molecule has 1 aliphatic heterocycles. The van der Waals surface area contributed by atoms with E-state index in [0.29, 0.717) is 35.8 Å². The first-order valence-electron chi connectivity index (χ1n) is 10.4. The molecule has 0 spiro atoms. The molecule has 172 valence electrons. The van der Waals surface area contributed by atoms with Crippen molar-refractivity contribution in [3.63, 3.8) is 0 Å². The minimum absolute atomic E-state index is 0.0924. The summed E-state index contributed by atoms with van der Waals surface area (Å²) < 4.78 is 28.0. The summed E-state index contributed by atoms with van der Waals surface area (Å²) in [5, 5.41) is 9.38. The molecule has 1 aliphatic rings. The van der Waals surface area contributed by atoms with Crippen LogP contribution >= 0.6 is 0 Å². The van der Waals surface area contributed by atoms with Crippen LogP contribution in [0.5, 0.6) is 17.2 Å². The molecule has 0 aliphatic carbocycles. The number of anilines is 1. The maximum Gasteiger partial charge on any atom is 0.272 e. The molecule has 0 saturated carbocycles. The van der Waals surface area contributed by atoms with Crippen molar-refractivity contribution in [1.29, 1.82) is 0 Å². The maximum absolute atomic E-state index is 14.5. The second-order valence-electron chi connectivity index (χ2n) is 8.28. The van der Waals surface area contributed by atoms with Crippen molar-refractivity contribution in [3.8, 4) is 17.2 Å². The standard InChI is InChI=1S/C23H24FN5O4/c1-5-25-22(31)20-16(24)10-14(12-26-20)32-17-8-13(9-18-15(17)11-23(2,3)33-18)21(30)27-19-6-7-29(4)28-19/h6-10,12H,5,11H2,1-4H3,(H,25,31)(H,27,28,30). The number of pyridine rings is 1. The number of benzene rings is 1. The molecule has 3 aromatic rings. The second-order valence-corrected chi connectivity index (χ2v) is 8.28. The Morgan fingerprint density at radius 3 is 2.73 bits per heavy atom. The monoisotopic (exact) mass is 453 g/mol. The van der Waals surface area contributed by atoms with E-state index in [1.54, 1.807) is 43.0 Å². The Morgan fingerprint density at radius 2 is 2.06 bits per heavy atom. The van der Waals surface area contributed by atoms with Gasteiger partial charge in [-0.15, -0.1) is 0 Å². The number of nitrogens with zero attached hydrogens (tertiary/aromatic N) is 3. The van der Waals surface area contributed by atoms with E-state index in [1.807, 2.05) is 13.8 Å². The average Bonchev–Trinajstić information content (AvgIpc) is 3.28. The van der Waals surface area contributed by atoms with Crippen LogP contribution in [0.2, 0.25) is 0 Å². The third-order valence-electron chi connectivity index (χ3n) is 4.97. The van der Waals surface area contributed by atoms with E-state index >= 15 is 0 Å². The molecule has 2 aromatic heterocycles. The van der Waals surface area contributed by atoms with Gasteiger partial charge in [-0.1, -0.05) is 0 Å². The number of rotatable bonds is 6. The van der Waals surface area contributed by atoms with E-state index in [4.69, 9.17) is 9.47 Å². The minimum atomic E-state index is -0.810. The van der Waals surface area contributed by atoms with Crippen LogP contribution in [0.15, 0.2) is 36.7 Å². The molecular formula is C23H24FN5O4. The Morgan fingerprint density at radius 1 is 1.27 bits per heavy atom. The Labute approximate surface area is 189 Å². The van der Waals surface area contributed by atoms with Crippen LogP contribution in [0.3, 0.4) is 0 Å². The average molecular weight is 453 g/mol. The van der Waals surface area contributed by atoms with Crippen molar-refractivity contribution in [2.24, 2.45) is 7.05 Å². The van der Waals surface area contributed by atoms with E-state index in [-0.39, 0.29) is 11.4 Å². The van der Waals surface area contributed by atoms with Gasteiger partial charge in [0.1, 0.15) is 22.8 Å². The smallest absolute Gasteiger partial charge is 0.272 e. The fourth-order valence-corrected chi connectivity index (χ4v) is 3.55. The van der Waals surface area contributed by atoms with Crippen LogP contribution in [0, 0.1) is 5.82 Å². The Hall–Kier alpha value is -3.95. The number of nitrogens with one attached hydrogen (secondary N) is 2. The van der Waals surface area contributed by atoms with Gasteiger partial charge in [-0.05, 0) is 32.9 Å². The summed E-state index contributed by atoms with van der Waals surface area (Å²) >= 11 is 0. The van der Waals surface area contributed by atoms with Gasteiger partial charge in [0.2, 0.25) is 0 Å². The lowest BCUT2D eigenvalue weighted by atomic mass is 9.99. The number of hydrogen-bond acceptors (Lipinski definition) is 6. The van der Waals surface area contributed by atoms with Gasteiger partial charge in [-0.3, -0.25) is 14.3 Å². The summed E-state index contributed by atoms with van der Waals surface area (Å²) in [5.41, 5.74) is 0.228. The predicted octanol–water partition coefficient (Wildman–Crippen LogP) is 3.46. The Bertz CT molecular complexity index is 1240. The molecule has 9 nitrogen and oxygen atoms in total. The van der Waals surface area contributed by atoms with Crippen molar-refractivity contribution in [2.75, 3.05) is 11.9 Å². The zero-order chi connectivity index (χ0) is 23.8. The van der Waals surface area contributed by atoms with Crippen molar-refractivity contribution in [2.45, 2.75) is 32.8 Å². The zero-order valence-electron chi connectivity index (χ0n) is 18.7. The number of halogens is 1. The quantitative estimate of drug-likeness (QED) is 0.592.